The van der Waals surface area contributed by atoms with E-state index in [1.165, 1.54) is 0 Å². The molecule has 1 aromatic heterocycles. The number of rotatable bonds is 5. The first-order valence-electron chi connectivity index (χ1n) is 7.94. The van der Waals surface area contributed by atoms with E-state index < -0.39 is 5.97 Å². The van der Waals surface area contributed by atoms with Crippen LogP contribution in [0.4, 0.5) is 0 Å². The van der Waals surface area contributed by atoms with Gasteiger partial charge in [0.2, 0.25) is 0 Å². The number of nitrogens with zero attached hydrogens (tertiary/aromatic N) is 1. The van der Waals surface area contributed by atoms with Crippen molar-refractivity contribution in [1.29, 1.82) is 0 Å². The van der Waals surface area contributed by atoms with Gasteiger partial charge in [-0.3, -0.25) is 9.59 Å². The topological polar surface area (TPSA) is 68.5 Å². The number of fused-ring (bicyclic) bond motifs is 1. The molecule has 0 atom stereocenters. The molecule has 0 bridgehead atoms. The van der Waals surface area contributed by atoms with Crippen molar-refractivity contribution in [2.45, 2.75) is 52.2 Å². The van der Waals surface area contributed by atoms with Gasteiger partial charge in [0.15, 0.2) is 5.43 Å². The van der Waals surface area contributed by atoms with E-state index in [-0.39, 0.29) is 18.0 Å². The molecule has 0 amide bonds. The summed E-state index contributed by atoms with van der Waals surface area (Å²) in [6, 6.07) is 5.77. The van der Waals surface area contributed by atoms with Gasteiger partial charge in [-0.15, -0.1) is 0 Å². The van der Waals surface area contributed by atoms with Crippen molar-refractivity contribution >= 4 is 16.9 Å². The molecule has 0 spiro atoms. The Kier molecular flexibility index (Phi) is 3.88. The highest BCUT2D eigenvalue weighted by Gasteiger charge is 2.28. The summed E-state index contributed by atoms with van der Waals surface area (Å²) in [5.74, 6) is -0.252. The maximum Gasteiger partial charge on any atom is 0.308 e. The van der Waals surface area contributed by atoms with Gasteiger partial charge in [-0.1, -0.05) is 0 Å². The zero-order chi connectivity index (χ0) is 16.7. The molecule has 5 heteroatoms. The Labute approximate surface area is 134 Å². The summed E-state index contributed by atoms with van der Waals surface area (Å²) in [4.78, 5) is 23.8. The first kappa shape index (κ1) is 15.6. The Balaban J connectivity index is 2.26. The molecule has 122 valence electrons. The fourth-order valence-corrected chi connectivity index (χ4v) is 3.06. The predicted octanol–water partition coefficient (Wildman–Crippen LogP) is 3.06. The monoisotopic (exact) mass is 315 g/mol. The zero-order valence-corrected chi connectivity index (χ0v) is 13.6. The summed E-state index contributed by atoms with van der Waals surface area (Å²) in [6.07, 6.45) is 1.93. The number of aromatic nitrogens is 1. The van der Waals surface area contributed by atoms with Crippen molar-refractivity contribution in [2.75, 3.05) is 0 Å². The molecule has 0 aliphatic heterocycles. The Morgan fingerprint density at radius 2 is 2.09 bits per heavy atom. The molecule has 0 radical (unpaired) electrons. The number of carbonyl (C=O) groups is 1. The van der Waals surface area contributed by atoms with Crippen LogP contribution in [-0.2, 0) is 11.2 Å². The maximum absolute atomic E-state index is 12.7. The van der Waals surface area contributed by atoms with Crippen LogP contribution in [-0.4, -0.2) is 21.7 Å². The van der Waals surface area contributed by atoms with Crippen molar-refractivity contribution in [2.24, 2.45) is 0 Å². The molecule has 1 heterocycles. The first-order valence-corrected chi connectivity index (χ1v) is 7.94. The molecule has 1 aliphatic carbocycles. The van der Waals surface area contributed by atoms with Gasteiger partial charge in [-0.05, 0) is 45.7 Å². The minimum absolute atomic E-state index is 0.0564. The van der Waals surface area contributed by atoms with Crippen LogP contribution < -0.4 is 10.2 Å². The minimum Gasteiger partial charge on any atom is -0.491 e. The molecule has 1 N–H and O–H groups in total. The van der Waals surface area contributed by atoms with E-state index in [4.69, 9.17) is 9.84 Å². The molecule has 1 aliphatic rings. The summed E-state index contributed by atoms with van der Waals surface area (Å²) in [6.45, 7) is 5.76. The van der Waals surface area contributed by atoms with Gasteiger partial charge in [-0.25, -0.2) is 0 Å². The highest BCUT2D eigenvalue weighted by atomic mass is 16.5. The lowest BCUT2D eigenvalue weighted by Crippen LogP contribution is -2.21. The Morgan fingerprint density at radius 1 is 1.39 bits per heavy atom. The van der Waals surface area contributed by atoms with E-state index in [9.17, 15) is 9.59 Å². The second kappa shape index (κ2) is 5.72. The zero-order valence-electron chi connectivity index (χ0n) is 13.6. The quantitative estimate of drug-likeness (QED) is 0.920. The fourth-order valence-electron chi connectivity index (χ4n) is 3.06. The molecular formula is C18H21NO4. The number of carboxylic acid groups (broad SMARTS) is 1. The molecule has 1 aromatic carbocycles. The predicted molar refractivity (Wildman–Crippen MR) is 88.3 cm³/mol. The van der Waals surface area contributed by atoms with Gasteiger partial charge in [0.1, 0.15) is 5.75 Å². The molecule has 0 unspecified atom stereocenters. The summed E-state index contributed by atoms with van der Waals surface area (Å²) < 4.78 is 7.86. The summed E-state index contributed by atoms with van der Waals surface area (Å²) in [7, 11) is 0. The average Bonchev–Trinajstić information content (AvgIpc) is 3.27. The molecular weight excluding hydrogens is 294 g/mol. The number of hydrogen-bond acceptors (Lipinski definition) is 3. The van der Waals surface area contributed by atoms with E-state index >= 15 is 0 Å². The highest BCUT2D eigenvalue weighted by molar-refractivity contribution is 5.83. The third kappa shape index (κ3) is 2.96. The lowest BCUT2D eigenvalue weighted by molar-refractivity contribution is -0.136. The summed E-state index contributed by atoms with van der Waals surface area (Å²) in [5.41, 5.74) is 1.79. The third-order valence-electron chi connectivity index (χ3n) is 4.16. The van der Waals surface area contributed by atoms with Crippen molar-refractivity contribution < 1.29 is 14.6 Å². The molecule has 23 heavy (non-hydrogen) atoms. The molecule has 1 fully saturated rings. The van der Waals surface area contributed by atoms with Crippen molar-refractivity contribution in [3.8, 4) is 5.75 Å². The van der Waals surface area contributed by atoms with Crippen LogP contribution in [0.2, 0.25) is 0 Å². The standard InChI is InChI=1S/C18H21NO4/c1-10(2)23-13-6-7-14-16(8-13)19(12-4-5-12)11(3)15(18(14)22)9-17(20)21/h6-8,10,12H,4-5,9H2,1-3H3,(H,20,21). The van der Waals surface area contributed by atoms with Crippen molar-refractivity contribution in [3.05, 3.63) is 39.7 Å². The lowest BCUT2D eigenvalue weighted by atomic mass is 10.0. The van der Waals surface area contributed by atoms with Gasteiger partial charge in [0, 0.05) is 28.8 Å². The Hall–Kier alpha value is -2.30. The first-order chi connectivity index (χ1) is 10.9. The Bertz CT molecular complexity index is 831. The van der Waals surface area contributed by atoms with E-state index in [1.54, 1.807) is 12.1 Å². The van der Waals surface area contributed by atoms with Crippen molar-refractivity contribution in [3.63, 3.8) is 0 Å². The minimum atomic E-state index is -0.980. The van der Waals surface area contributed by atoms with Crippen LogP contribution >= 0.6 is 0 Å². The van der Waals surface area contributed by atoms with E-state index in [0.717, 1.165) is 29.8 Å². The number of hydrogen-bond donors (Lipinski definition) is 1. The van der Waals surface area contributed by atoms with Crippen LogP contribution in [0.3, 0.4) is 0 Å². The highest BCUT2D eigenvalue weighted by Crippen LogP contribution is 2.39. The van der Waals surface area contributed by atoms with Gasteiger partial charge in [0.05, 0.1) is 18.0 Å². The number of ether oxygens (including phenoxy) is 1. The van der Waals surface area contributed by atoms with Crippen LogP contribution in [0.15, 0.2) is 23.0 Å². The van der Waals surface area contributed by atoms with Gasteiger partial charge in [-0.2, -0.15) is 0 Å². The molecule has 5 nitrogen and oxygen atoms in total. The van der Waals surface area contributed by atoms with Crippen LogP contribution in [0.25, 0.3) is 10.9 Å². The number of carboxylic acids is 1. The fraction of sp³-hybridized carbons (Fsp3) is 0.444. The molecule has 2 aromatic rings. The van der Waals surface area contributed by atoms with Crippen LogP contribution in [0.1, 0.15) is 44.0 Å². The maximum atomic E-state index is 12.7. The number of pyridine rings is 1. The SMILES string of the molecule is Cc1c(CC(=O)O)c(=O)c2ccc(OC(C)C)cc2n1C1CC1. The lowest BCUT2D eigenvalue weighted by Gasteiger charge is -2.18. The second-order valence-corrected chi connectivity index (χ2v) is 6.41. The third-order valence-corrected chi connectivity index (χ3v) is 4.16. The summed E-state index contributed by atoms with van der Waals surface area (Å²) >= 11 is 0. The van der Waals surface area contributed by atoms with E-state index in [1.807, 2.05) is 26.8 Å². The second-order valence-electron chi connectivity index (χ2n) is 6.41. The van der Waals surface area contributed by atoms with Gasteiger partial charge >= 0.3 is 5.97 Å². The smallest absolute Gasteiger partial charge is 0.308 e. The Morgan fingerprint density at radius 3 is 2.65 bits per heavy atom. The number of benzene rings is 1. The van der Waals surface area contributed by atoms with Gasteiger partial charge in [0.25, 0.3) is 0 Å². The van der Waals surface area contributed by atoms with Gasteiger partial charge < -0.3 is 14.4 Å². The largest absolute Gasteiger partial charge is 0.491 e. The molecule has 0 saturated heterocycles. The van der Waals surface area contributed by atoms with Crippen LogP contribution in [0, 0.1) is 6.92 Å². The average molecular weight is 315 g/mol. The van der Waals surface area contributed by atoms with E-state index in [2.05, 4.69) is 4.57 Å². The van der Waals surface area contributed by atoms with Crippen LogP contribution in [0.5, 0.6) is 5.75 Å². The molecule has 1 saturated carbocycles. The number of aliphatic carboxylic acids is 1. The summed E-state index contributed by atoms with van der Waals surface area (Å²) in [5, 5.41) is 9.67. The molecule has 3 rings (SSSR count). The van der Waals surface area contributed by atoms with Crippen molar-refractivity contribution in [1.82, 2.24) is 4.57 Å². The normalized spacial score (nSPS) is 14.4. The van der Waals surface area contributed by atoms with E-state index in [0.29, 0.717) is 17.0 Å².